The molecule has 4 heteroatoms. The number of hydrogen-bond acceptors (Lipinski definition) is 3. The maximum Gasteiger partial charge on any atom is 0.267 e. The average molecular weight is 336 g/mol. The van der Waals surface area contributed by atoms with E-state index < -0.39 is 0 Å². The van der Waals surface area contributed by atoms with Crippen LogP contribution < -0.4 is 5.32 Å². The van der Waals surface area contributed by atoms with Crippen LogP contribution in [0.2, 0.25) is 0 Å². The normalized spacial score (nSPS) is 10.8. The first-order valence-electron chi connectivity index (χ1n) is 7.99. The summed E-state index contributed by atoms with van der Waals surface area (Å²) < 4.78 is 0. The zero-order chi connectivity index (χ0) is 17.1. The third kappa shape index (κ3) is 3.54. The van der Waals surface area contributed by atoms with Crippen molar-refractivity contribution in [1.82, 2.24) is 4.98 Å². The Morgan fingerprint density at radius 3 is 2.33 bits per heavy atom. The van der Waals surface area contributed by atoms with Crippen LogP contribution in [0.15, 0.2) is 54.6 Å². The molecule has 1 heterocycles. The molecule has 0 unspecified atom stereocenters. The molecule has 0 saturated heterocycles. The summed E-state index contributed by atoms with van der Waals surface area (Å²) in [6.07, 6.45) is 0. The molecule has 3 nitrogen and oxygen atoms in total. The summed E-state index contributed by atoms with van der Waals surface area (Å²) in [6.45, 7) is 6.18. The van der Waals surface area contributed by atoms with Gasteiger partial charge in [0.25, 0.3) is 5.91 Å². The molecule has 122 valence electrons. The summed E-state index contributed by atoms with van der Waals surface area (Å²) in [6, 6.07) is 17.9. The number of carbonyl (C=O) groups excluding carboxylic acids is 1. The number of carbonyl (C=O) groups is 1. The number of thiazole rings is 1. The van der Waals surface area contributed by atoms with Crippen LogP contribution in [-0.4, -0.2) is 10.9 Å². The Hall–Kier alpha value is -2.46. The summed E-state index contributed by atoms with van der Waals surface area (Å²) in [5.41, 5.74) is 3.85. The van der Waals surface area contributed by atoms with Crippen LogP contribution in [0.3, 0.4) is 0 Å². The number of benzene rings is 2. The van der Waals surface area contributed by atoms with Crippen molar-refractivity contribution < 1.29 is 4.79 Å². The second-order valence-corrected chi connectivity index (χ2v) is 7.03. The number of aromatic nitrogens is 1. The molecule has 3 aromatic rings. The molecule has 0 aliphatic carbocycles. The SMILES string of the molecule is Cc1nc(-c2ccccc2)sc1C(=O)Nc1ccc(C(C)C)cc1. The van der Waals surface area contributed by atoms with Crippen LogP contribution in [0.4, 0.5) is 5.69 Å². The van der Waals surface area contributed by atoms with Crippen LogP contribution in [-0.2, 0) is 0 Å². The third-order valence-electron chi connectivity index (χ3n) is 3.86. The van der Waals surface area contributed by atoms with E-state index in [1.807, 2.05) is 49.4 Å². The van der Waals surface area contributed by atoms with Crippen molar-refractivity contribution in [3.05, 3.63) is 70.7 Å². The van der Waals surface area contributed by atoms with Crippen molar-refractivity contribution >= 4 is 22.9 Å². The molecule has 0 aliphatic heterocycles. The molecule has 2 aromatic carbocycles. The van der Waals surface area contributed by atoms with Gasteiger partial charge in [-0.3, -0.25) is 4.79 Å². The van der Waals surface area contributed by atoms with Gasteiger partial charge in [-0.05, 0) is 30.5 Å². The Morgan fingerprint density at radius 1 is 1.04 bits per heavy atom. The summed E-state index contributed by atoms with van der Waals surface area (Å²) >= 11 is 1.42. The van der Waals surface area contributed by atoms with Gasteiger partial charge in [0, 0.05) is 11.3 Å². The molecule has 0 radical (unpaired) electrons. The zero-order valence-corrected chi connectivity index (χ0v) is 14.9. The van der Waals surface area contributed by atoms with Gasteiger partial charge in [-0.25, -0.2) is 4.98 Å². The maximum atomic E-state index is 12.6. The lowest BCUT2D eigenvalue weighted by atomic mass is 10.0. The molecule has 24 heavy (non-hydrogen) atoms. The van der Waals surface area contributed by atoms with Gasteiger partial charge >= 0.3 is 0 Å². The number of nitrogens with one attached hydrogen (secondary N) is 1. The van der Waals surface area contributed by atoms with Crippen molar-refractivity contribution in [3.8, 4) is 10.6 Å². The predicted molar refractivity (Wildman–Crippen MR) is 101 cm³/mol. The van der Waals surface area contributed by atoms with E-state index in [9.17, 15) is 4.79 Å². The van der Waals surface area contributed by atoms with Crippen LogP contribution in [0.5, 0.6) is 0 Å². The summed E-state index contributed by atoms with van der Waals surface area (Å²) in [7, 11) is 0. The van der Waals surface area contributed by atoms with Gasteiger partial charge in [0.15, 0.2) is 0 Å². The fourth-order valence-electron chi connectivity index (χ4n) is 2.45. The summed E-state index contributed by atoms with van der Waals surface area (Å²) in [4.78, 5) is 17.8. The lowest BCUT2D eigenvalue weighted by molar-refractivity contribution is 0.103. The molecule has 0 aliphatic rings. The van der Waals surface area contributed by atoms with E-state index in [2.05, 4.69) is 36.3 Å². The largest absolute Gasteiger partial charge is 0.321 e. The molecule has 1 N–H and O–H groups in total. The van der Waals surface area contributed by atoms with Gasteiger partial charge in [-0.1, -0.05) is 56.3 Å². The lowest BCUT2D eigenvalue weighted by Crippen LogP contribution is -2.11. The van der Waals surface area contributed by atoms with Gasteiger partial charge in [-0.15, -0.1) is 11.3 Å². The highest BCUT2D eigenvalue weighted by Crippen LogP contribution is 2.28. The van der Waals surface area contributed by atoms with Crippen molar-refractivity contribution in [1.29, 1.82) is 0 Å². The fourth-order valence-corrected chi connectivity index (χ4v) is 3.42. The van der Waals surface area contributed by atoms with E-state index in [0.29, 0.717) is 10.8 Å². The smallest absolute Gasteiger partial charge is 0.267 e. The molecule has 0 fully saturated rings. The Bertz CT molecular complexity index is 836. The van der Waals surface area contributed by atoms with Gasteiger partial charge in [0.2, 0.25) is 0 Å². The molecule has 1 aromatic heterocycles. The monoisotopic (exact) mass is 336 g/mol. The minimum atomic E-state index is -0.107. The molecule has 0 saturated carbocycles. The van der Waals surface area contributed by atoms with Gasteiger partial charge in [-0.2, -0.15) is 0 Å². The number of rotatable bonds is 4. The topological polar surface area (TPSA) is 42.0 Å². The van der Waals surface area contributed by atoms with Gasteiger partial charge in [0.1, 0.15) is 9.88 Å². The Kier molecular flexibility index (Phi) is 4.76. The van der Waals surface area contributed by atoms with Gasteiger partial charge in [0.05, 0.1) is 5.69 Å². The molecule has 0 spiro atoms. The van der Waals surface area contributed by atoms with Crippen LogP contribution in [0, 0.1) is 6.92 Å². The Labute approximate surface area is 146 Å². The lowest BCUT2D eigenvalue weighted by Gasteiger charge is -2.08. The standard InChI is InChI=1S/C20H20N2OS/c1-13(2)15-9-11-17(12-10-15)22-19(23)18-14(3)21-20(24-18)16-7-5-4-6-8-16/h4-13H,1-3H3,(H,22,23). The molecular weight excluding hydrogens is 316 g/mol. The third-order valence-corrected chi connectivity index (χ3v) is 5.06. The van der Waals surface area contributed by atoms with Crippen molar-refractivity contribution in [2.45, 2.75) is 26.7 Å². The minimum Gasteiger partial charge on any atom is -0.321 e. The van der Waals surface area contributed by atoms with Crippen LogP contribution in [0.25, 0.3) is 10.6 Å². The van der Waals surface area contributed by atoms with Crippen LogP contribution >= 0.6 is 11.3 Å². The Morgan fingerprint density at radius 2 is 1.71 bits per heavy atom. The minimum absolute atomic E-state index is 0.107. The van der Waals surface area contributed by atoms with Crippen LogP contribution in [0.1, 0.15) is 40.7 Å². The highest BCUT2D eigenvalue weighted by Gasteiger charge is 2.16. The van der Waals surface area contributed by atoms with E-state index in [-0.39, 0.29) is 5.91 Å². The quantitative estimate of drug-likeness (QED) is 0.684. The second kappa shape index (κ2) is 6.97. The number of aryl methyl sites for hydroxylation is 1. The fraction of sp³-hybridized carbons (Fsp3) is 0.200. The van der Waals surface area contributed by atoms with Gasteiger partial charge < -0.3 is 5.32 Å². The molecule has 0 atom stereocenters. The Balaban J connectivity index is 1.79. The highest BCUT2D eigenvalue weighted by molar-refractivity contribution is 7.17. The van der Waals surface area contributed by atoms with E-state index in [1.165, 1.54) is 16.9 Å². The van der Waals surface area contributed by atoms with E-state index >= 15 is 0 Å². The van der Waals surface area contributed by atoms with Crippen molar-refractivity contribution in [2.75, 3.05) is 5.32 Å². The number of anilines is 1. The summed E-state index contributed by atoms with van der Waals surface area (Å²) in [5, 5.41) is 3.83. The summed E-state index contributed by atoms with van der Waals surface area (Å²) in [5.74, 6) is 0.372. The molecule has 1 amide bonds. The number of amides is 1. The molecule has 3 rings (SSSR count). The second-order valence-electron chi connectivity index (χ2n) is 6.03. The van der Waals surface area contributed by atoms with E-state index in [1.54, 1.807) is 0 Å². The van der Waals surface area contributed by atoms with Crippen molar-refractivity contribution in [2.24, 2.45) is 0 Å². The predicted octanol–water partition coefficient (Wildman–Crippen LogP) is 5.49. The number of hydrogen-bond donors (Lipinski definition) is 1. The average Bonchev–Trinajstić information content (AvgIpc) is 2.98. The zero-order valence-electron chi connectivity index (χ0n) is 14.0. The molecular formula is C20H20N2OS. The maximum absolute atomic E-state index is 12.6. The van der Waals surface area contributed by atoms with Crippen molar-refractivity contribution in [3.63, 3.8) is 0 Å². The van der Waals surface area contributed by atoms with E-state index in [0.717, 1.165) is 22.0 Å². The number of nitrogens with zero attached hydrogens (tertiary/aromatic N) is 1. The first-order valence-corrected chi connectivity index (χ1v) is 8.80. The highest BCUT2D eigenvalue weighted by atomic mass is 32.1. The first-order chi connectivity index (χ1) is 11.5. The molecule has 0 bridgehead atoms. The first kappa shape index (κ1) is 16.4. The van der Waals surface area contributed by atoms with E-state index in [4.69, 9.17) is 0 Å².